The predicted octanol–water partition coefficient (Wildman–Crippen LogP) is 8.81. The Kier molecular flexibility index (Phi) is 42.3. The maximum atomic E-state index is 11.3. The van der Waals surface area contributed by atoms with Gasteiger partial charge in [-0.2, -0.15) is 0 Å². The molecule has 9 nitrogen and oxygen atoms in total. The van der Waals surface area contributed by atoms with E-state index >= 15 is 0 Å². The molecule has 1 radical (unpaired) electrons. The predicted molar refractivity (Wildman–Crippen MR) is 172 cm³/mol. The summed E-state index contributed by atoms with van der Waals surface area (Å²) in [6, 6.07) is 0. The third kappa shape index (κ3) is 45.1. The third-order valence-electron chi connectivity index (χ3n) is 6.21. The van der Waals surface area contributed by atoms with E-state index in [-0.39, 0.29) is 35.6 Å². The minimum absolute atomic E-state index is 0. The minimum Gasteiger partial charge on any atom is -0.778 e. The van der Waals surface area contributed by atoms with Crippen LogP contribution in [0, 0.1) is 0 Å². The van der Waals surface area contributed by atoms with E-state index in [1.807, 2.05) is 0 Å². The molecule has 0 amide bonds. The van der Waals surface area contributed by atoms with Crippen molar-refractivity contribution in [1.82, 2.24) is 0 Å². The summed E-state index contributed by atoms with van der Waals surface area (Å²) in [6.45, 7) is 13.5. The Hall–Kier alpha value is 0.969. The van der Waals surface area contributed by atoms with Gasteiger partial charge in [0.1, 0.15) is 22.8 Å². The Morgan fingerprint density at radius 3 is 0.744 bits per heavy atom. The van der Waals surface area contributed by atoms with Crippen LogP contribution in [0.4, 0.5) is 0 Å². The van der Waals surface area contributed by atoms with E-state index in [9.17, 15) is 28.4 Å². The molecule has 0 heterocycles. The summed E-state index contributed by atoms with van der Waals surface area (Å²) >= 11 is 0. The molecule has 0 rings (SSSR count). The first-order chi connectivity index (χ1) is 19.9. The molecule has 0 spiro atoms. The Bertz CT molecular complexity index is 609. The van der Waals surface area contributed by atoms with Crippen LogP contribution in [0.3, 0.4) is 0 Å². The van der Waals surface area contributed by atoms with E-state index in [2.05, 4.69) is 41.5 Å². The van der Waals surface area contributed by atoms with Gasteiger partial charge in [-0.05, 0) is 38.5 Å². The summed E-state index contributed by atoms with van der Waals surface area (Å²) in [7, 11) is -10.5. The van der Waals surface area contributed by atoms with E-state index in [4.69, 9.17) is 13.6 Å². The fraction of sp³-hybridized carbons (Fsp3) is 1.00. The largest absolute Gasteiger partial charge is 3.00 e. The van der Waals surface area contributed by atoms with Crippen molar-refractivity contribution in [3.8, 4) is 0 Å². The van der Waals surface area contributed by atoms with Crippen molar-refractivity contribution in [3.63, 3.8) is 0 Å². The van der Waals surface area contributed by atoms with Crippen LogP contribution in [-0.2, 0) is 44.3 Å². The van der Waals surface area contributed by atoms with Crippen molar-refractivity contribution >= 4 is 22.8 Å². The van der Waals surface area contributed by atoms with Crippen molar-refractivity contribution in [2.24, 2.45) is 0 Å². The second-order valence-corrected chi connectivity index (χ2v) is 16.5. The van der Waals surface area contributed by atoms with Gasteiger partial charge in [0, 0.05) is 18.5 Å². The summed E-state index contributed by atoms with van der Waals surface area (Å²) in [5, 5.41) is 0. The van der Waals surface area contributed by atoms with Gasteiger partial charge in [0.05, 0.1) is 19.8 Å². The molecule has 263 valence electrons. The van der Waals surface area contributed by atoms with Crippen LogP contribution in [-0.4, -0.2) is 38.3 Å². The summed E-state index contributed by atoms with van der Waals surface area (Å²) in [5.41, 5.74) is 0. The van der Waals surface area contributed by atoms with E-state index in [0.717, 1.165) is 116 Å². The molecule has 0 aromatic carbocycles. The quantitative estimate of drug-likeness (QED) is 0.0461. The van der Waals surface area contributed by atoms with Crippen molar-refractivity contribution in [2.45, 2.75) is 157 Å². The van der Waals surface area contributed by atoms with Gasteiger partial charge < -0.3 is 41.9 Å². The molecule has 13 heteroatoms. The fourth-order valence-electron chi connectivity index (χ4n) is 3.53. The van der Waals surface area contributed by atoms with Crippen molar-refractivity contribution in [3.05, 3.63) is 0 Å². The smallest absolute Gasteiger partial charge is 0.778 e. The van der Waals surface area contributed by atoms with Crippen molar-refractivity contribution in [2.75, 3.05) is 38.3 Å². The molecule has 0 aromatic rings. The average molecular weight is 720 g/mol. The van der Waals surface area contributed by atoms with Crippen molar-refractivity contribution in [1.29, 1.82) is 0 Å². The van der Waals surface area contributed by atoms with Crippen LogP contribution in [0.2, 0.25) is 0 Å². The fourth-order valence-corrected chi connectivity index (χ4v) is 6.97. The van der Waals surface area contributed by atoms with Crippen molar-refractivity contribution < 1.29 is 59.0 Å². The Morgan fingerprint density at radius 2 is 0.558 bits per heavy atom. The molecule has 3 unspecified atom stereocenters. The molecule has 0 aliphatic rings. The van der Waals surface area contributed by atoms with Gasteiger partial charge in [0.15, 0.2) is 0 Å². The minimum atomic E-state index is -3.51. The Balaban J connectivity index is -0.000000262. The van der Waals surface area contributed by atoms with E-state index in [1.165, 1.54) is 0 Å². The summed E-state index contributed by atoms with van der Waals surface area (Å²) in [5.74, 6) is 0. The maximum Gasteiger partial charge on any atom is 3.00 e. The molecule has 0 aliphatic heterocycles. The average Bonchev–Trinajstić information content (AvgIpc) is 2.93. The van der Waals surface area contributed by atoms with Gasteiger partial charge in [-0.1, -0.05) is 119 Å². The monoisotopic (exact) mass is 719 g/mol. The topological polar surface area (TPSA) is 148 Å². The first-order valence-corrected chi connectivity index (χ1v) is 21.9. The Labute approximate surface area is 276 Å². The van der Waals surface area contributed by atoms with Gasteiger partial charge in [-0.15, -0.1) is 0 Å². The SMILES string of the molecule is CCCCCOP(=O)([O-])CCCCC.CCCCCOP(=O)([O-])CCCCC.CCCCCOP(=O)([O-])CCCCC.[Fe+3]. The van der Waals surface area contributed by atoms with Crippen LogP contribution in [0.25, 0.3) is 0 Å². The Morgan fingerprint density at radius 1 is 0.372 bits per heavy atom. The first kappa shape index (κ1) is 50.8. The second kappa shape index (κ2) is 35.8. The molecule has 0 aromatic heterocycles. The summed E-state index contributed by atoms with van der Waals surface area (Å²) in [6.07, 6.45) is 17.7. The molecule has 3 atom stereocenters. The van der Waals surface area contributed by atoms with Crippen LogP contribution in [0.5, 0.6) is 0 Å². The number of hydrogen-bond donors (Lipinski definition) is 0. The van der Waals surface area contributed by atoms with Gasteiger partial charge in [-0.3, -0.25) is 0 Å². The second-order valence-electron chi connectivity index (χ2n) is 10.7. The van der Waals surface area contributed by atoms with E-state index in [1.54, 1.807) is 0 Å². The zero-order valence-corrected chi connectivity index (χ0v) is 32.1. The van der Waals surface area contributed by atoms with Gasteiger partial charge in [0.2, 0.25) is 0 Å². The zero-order valence-electron chi connectivity index (χ0n) is 28.3. The summed E-state index contributed by atoms with van der Waals surface area (Å²) in [4.78, 5) is 33.8. The third-order valence-corrected chi connectivity index (χ3v) is 10.5. The normalized spacial score (nSPS) is 15.0. The molecule has 0 saturated heterocycles. The molecule has 0 bridgehead atoms. The zero-order chi connectivity index (χ0) is 32.6. The van der Waals surface area contributed by atoms with Crippen LogP contribution >= 0.6 is 22.8 Å². The maximum absolute atomic E-state index is 11.3. The van der Waals surface area contributed by atoms with Crippen LogP contribution in [0.15, 0.2) is 0 Å². The van der Waals surface area contributed by atoms with Crippen LogP contribution < -0.4 is 14.7 Å². The number of hydrogen-bond acceptors (Lipinski definition) is 9. The van der Waals surface area contributed by atoms with Crippen LogP contribution in [0.1, 0.15) is 157 Å². The summed E-state index contributed by atoms with van der Waals surface area (Å²) < 4.78 is 48.5. The first-order valence-electron chi connectivity index (χ1n) is 16.7. The van der Waals surface area contributed by atoms with Gasteiger partial charge in [0.25, 0.3) is 0 Å². The van der Waals surface area contributed by atoms with E-state index in [0.29, 0.717) is 19.8 Å². The molecule has 0 aliphatic carbocycles. The van der Waals surface area contributed by atoms with E-state index < -0.39 is 22.8 Å². The molecule has 43 heavy (non-hydrogen) atoms. The van der Waals surface area contributed by atoms with Gasteiger partial charge >= 0.3 is 17.1 Å². The molecular weight excluding hydrogens is 653 g/mol. The molecule has 0 N–H and O–H groups in total. The number of unbranched alkanes of at least 4 members (excludes halogenated alkanes) is 12. The molecule has 0 saturated carbocycles. The molecular formula is C30H66FeO9P3. The molecule has 0 fully saturated rings. The number of rotatable bonds is 27. The standard InChI is InChI=1S/3C10H23O3P.Fe/c3*1-3-5-7-9-13-14(11,12)10-8-6-4-2;/h3*3-10H2,1-2H3,(H,11,12);/q;;;+3/p-3. The van der Waals surface area contributed by atoms with Gasteiger partial charge in [-0.25, -0.2) is 0 Å².